The van der Waals surface area contributed by atoms with Gasteiger partial charge in [0.05, 0.1) is 5.69 Å². The highest BCUT2D eigenvalue weighted by molar-refractivity contribution is 14.0. The van der Waals surface area contributed by atoms with Crippen LogP contribution in [-0.4, -0.2) is 90.4 Å². The molecule has 2 saturated heterocycles. The molecule has 1 atom stereocenters. The third kappa shape index (κ3) is 8.95. The molecule has 0 aliphatic carbocycles. The lowest BCUT2D eigenvalue weighted by Crippen LogP contribution is -2.52. The summed E-state index contributed by atoms with van der Waals surface area (Å²) < 4.78 is 10.7. The monoisotopic (exact) mass is 576 g/mol. The molecule has 9 nitrogen and oxygen atoms in total. The number of amides is 1. The number of likely N-dealkylation sites (tertiary alicyclic amines) is 1. The number of nitrogens with one attached hydrogen (secondary N) is 1. The Kier molecular flexibility index (Phi) is 10.7. The number of aliphatic imine (C=N–C) groups is 1. The number of carbonyl (C=O) groups excluding carboxylic acids is 1. The van der Waals surface area contributed by atoms with Crippen LogP contribution in [0.3, 0.4) is 0 Å². The van der Waals surface area contributed by atoms with Crippen LogP contribution in [0.1, 0.15) is 51.5 Å². The first-order valence-electron chi connectivity index (χ1n) is 11.8. The number of piperidine rings is 1. The maximum atomic E-state index is 12.4. The number of nitrogens with zero attached hydrogens (tertiary/aromatic N) is 5. The molecular formula is C23H41IN6O3. The molecule has 1 unspecified atom stereocenters. The van der Waals surface area contributed by atoms with Crippen LogP contribution in [0.5, 0.6) is 0 Å². The zero-order valence-electron chi connectivity index (χ0n) is 20.8. The van der Waals surface area contributed by atoms with Crippen molar-refractivity contribution >= 4 is 36.0 Å². The highest BCUT2D eigenvalue weighted by atomic mass is 127. The molecule has 3 heterocycles. The first kappa shape index (κ1) is 27.7. The molecule has 1 N–H and O–H groups in total. The Hall–Kier alpha value is -1.56. The summed E-state index contributed by atoms with van der Waals surface area (Å²) in [5.74, 6) is 2.31. The normalized spacial score (nSPS) is 20.4. The number of carbonyl (C=O) groups is 1. The van der Waals surface area contributed by atoms with Crippen molar-refractivity contribution < 1.29 is 14.1 Å². The van der Waals surface area contributed by atoms with E-state index in [1.807, 2.05) is 45.7 Å². The third-order valence-electron chi connectivity index (χ3n) is 5.95. The van der Waals surface area contributed by atoms with Crippen LogP contribution in [0.2, 0.25) is 0 Å². The average molecular weight is 577 g/mol. The maximum absolute atomic E-state index is 12.4. The van der Waals surface area contributed by atoms with Crippen LogP contribution >= 0.6 is 24.0 Å². The van der Waals surface area contributed by atoms with Gasteiger partial charge in [-0.1, -0.05) is 5.16 Å². The highest BCUT2D eigenvalue weighted by Gasteiger charge is 2.27. The summed E-state index contributed by atoms with van der Waals surface area (Å²) in [6.07, 6.45) is 3.01. The Morgan fingerprint density at radius 1 is 1.24 bits per heavy atom. The molecule has 3 rings (SSSR count). The zero-order chi connectivity index (χ0) is 23.1. The molecule has 0 saturated carbocycles. The minimum atomic E-state index is -0.448. The first-order chi connectivity index (χ1) is 15.2. The van der Waals surface area contributed by atoms with Crippen molar-refractivity contribution in [3.63, 3.8) is 0 Å². The van der Waals surface area contributed by atoms with Crippen molar-refractivity contribution in [2.24, 2.45) is 10.9 Å². The van der Waals surface area contributed by atoms with Crippen LogP contribution in [0.4, 0.5) is 4.79 Å². The number of hydrogen-bond donors (Lipinski definition) is 1. The van der Waals surface area contributed by atoms with E-state index in [0.717, 1.165) is 89.0 Å². The SMILES string of the molecule is CN=C(NCCC1CCCN(C(=O)OC(C)(C)C)C1)N1CCN(Cc2cc(C)on2)CC1.I. The van der Waals surface area contributed by atoms with Crippen molar-refractivity contribution in [2.45, 2.75) is 59.1 Å². The van der Waals surface area contributed by atoms with Gasteiger partial charge in [0.15, 0.2) is 5.96 Å². The summed E-state index contributed by atoms with van der Waals surface area (Å²) in [6.45, 7) is 14.7. The molecule has 0 bridgehead atoms. The first-order valence-corrected chi connectivity index (χ1v) is 11.8. The molecule has 1 aromatic heterocycles. The minimum Gasteiger partial charge on any atom is -0.444 e. The molecule has 0 aromatic carbocycles. The Morgan fingerprint density at radius 3 is 2.58 bits per heavy atom. The second-order valence-corrected chi connectivity index (χ2v) is 9.89. The number of hydrogen-bond acceptors (Lipinski definition) is 6. The van der Waals surface area contributed by atoms with E-state index < -0.39 is 5.60 Å². The Labute approximate surface area is 215 Å². The molecule has 2 aliphatic heterocycles. The van der Waals surface area contributed by atoms with Gasteiger partial charge in [0, 0.05) is 65.5 Å². The second kappa shape index (κ2) is 12.8. The van der Waals surface area contributed by atoms with Crippen molar-refractivity contribution in [3.8, 4) is 0 Å². The number of rotatable bonds is 5. The lowest BCUT2D eigenvalue weighted by molar-refractivity contribution is 0.0162. The number of piperazine rings is 1. The average Bonchev–Trinajstić information content (AvgIpc) is 3.15. The van der Waals surface area contributed by atoms with Gasteiger partial charge < -0.3 is 24.4 Å². The fourth-order valence-corrected chi connectivity index (χ4v) is 4.35. The second-order valence-electron chi connectivity index (χ2n) is 9.89. The smallest absolute Gasteiger partial charge is 0.410 e. The van der Waals surface area contributed by atoms with Gasteiger partial charge in [0.25, 0.3) is 0 Å². The van der Waals surface area contributed by atoms with Crippen LogP contribution in [0, 0.1) is 12.8 Å². The Balaban J connectivity index is 0.00000385. The fraction of sp³-hybridized carbons (Fsp3) is 0.783. The van der Waals surface area contributed by atoms with Gasteiger partial charge in [0.2, 0.25) is 0 Å². The summed E-state index contributed by atoms with van der Waals surface area (Å²) >= 11 is 0. The van der Waals surface area contributed by atoms with E-state index in [2.05, 4.69) is 25.3 Å². The molecule has 33 heavy (non-hydrogen) atoms. The number of aryl methyl sites for hydroxylation is 1. The van der Waals surface area contributed by atoms with Gasteiger partial charge in [0.1, 0.15) is 11.4 Å². The van der Waals surface area contributed by atoms with E-state index >= 15 is 0 Å². The van der Waals surface area contributed by atoms with E-state index in [0.29, 0.717) is 5.92 Å². The van der Waals surface area contributed by atoms with Crippen LogP contribution < -0.4 is 5.32 Å². The Bertz CT molecular complexity index is 770. The topological polar surface area (TPSA) is 86.4 Å². The van der Waals surface area contributed by atoms with Crippen LogP contribution in [0.25, 0.3) is 0 Å². The minimum absolute atomic E-state index is 0. The molecule has 1 amide bonds. The molecule has 1 aromatic rings. The van der Waals surface area contributed by atoms with E-state index in [1.54, 1.807) is 0 Å². The van der Waals surface area contributed by atoms with E-state index in [1.165, 1.54) is 0 Å². The summed E-state index contributed by atoms with van der Waals surface area (Å²) in [5.41, 5.74) is 0.544. The summed E-state index contributed by atoms with van der Waals surface area (Å²) in [5, 5.41) is 7.63. The van der Waals surface area contributed by atoms with Gasteiger partial charge in [-0.15, -0.1) is 24.0 Å². The molecule has 2 fully saturated rings. The van der Waals surface area contributed by atoms with Crippen LogP contribution in [0.15, 0.2) is 15.6 Å². The third-order valence-corrected chi connectivity index (χ3v) is 5.95. The molecule has 188 valence electrons. The van der Waals surface area contributed by atoms with Crippen molar-refractivity contribution in [2.75, 3.05) is 52.9 Å². The Morgan fingerprint density at radius 2 is 1.97 bits per heavy atom. The van der Waals surface area contributed by atoms with Gasteiger partial charge in [-0.05, 0) is 52.9 Å². The molecule has 10 heteroatoms. The summed E-state index contributed by atoms with van der Waals surface area (Å²) in [6, 6.07) is 2.00. The number of aromatic nitrogens is 1. The highest BCUT2D eigenvalue weighted by Crippen LogP contribution is 2.21. The van der Waals surface area contributed by atoms with E-state index in [9.17, 15) is 4.79 Å². The lowest BCUT2D eigenvalue weighted by atomic mass is 9.95. The number of halogens is 1. The summed E-state index contributed by atoms with van der Waals surface area (Å²) in [4.78, 5) is 23.5. The predicted molar refractivity (Wildman–Crippen MR) is 140 cm³/mol. The van der Waals surface area contributed by atoms with Crippen molar-refractivity contribution in [3.05, 3.63) is 17.5 Å². The van der Waals surface area contributed by atoms with Gasteiger partial charge in [-0.3, -0.25) is 9.89 Å². The molecule has 0 radical (unpaired) electrons. The van der Waals surface area contributed by atoms with Crippen molar-refractivity contribution in [1.29, 1.82) is 0 Å². The number of guanidine groups is 1. The van der Waals surface area contributed by atoms with Crippen LogP contribution in [-0.2, 0) is 11.3 Å². The number of ether oxygens (including phenoxy) is 1. The van der Waals surface area contributed by atoms with Gasteiger partial charge in [-0.2, -0.15) is 0 Å². The quantitative estimate of drug-likeness (QED) is 0.327. The standard InChI is InChI=1S/C23H40N6O3.HI/c1-18-15-20(26-32-18)17-27-11-13-28(14-12-27)21(24-5)25-9-8-19-7-6-10-29(16-19)22(30)31-23(2,3)4;/h15,19H,6-14,16-17H2,1-5H3,(H,24,25);1H. The molecule has 2 aliphatic rings. The fourth-order valence-electron chi connectivity index (χ4n) is 4.35. The van der Waals surface area contributed by atoms with E-state index in [-0.39, 0.29) is 30.1 Å². The maximum Gasteiger partial charge on any atom is 0.410 e. The van der Waals surface area contributed by atoms with Gasteiger partial charge in [-0.25, -0.2) is 4.79 Å². The summed E-state index contributed by atoms with van der Waals surface area (Å²) in [7, 11) is 1.84. The van der Waals surface area contributed by atoms with Crippen molar-refractivity contribution in [1.82, 2.24) is 25.2 Å². The van der Waals surface area contributed by atoms with E-state index in [4.69, 9.17) is 9.26 Å². The largest absolute Gasteiger partial charge is 0.444 e. The molecular weight excluding hydrogens is 535 g/mol. The lowest BCUT2D eigenvalue weighted by Gasteiger charge is -2.36. The zero-order valence-corrected chi connectivity index (χ0v) is 23.1. The predicted octanol–water partition coefficient (Wildman–Crippen LogP) is 3.33. The van der Waals surface area contributed by atoms with Gasteiger partial charge >= 0.3 is 6.09 Å². The molecule has 0 spiro atoms.